The van der Waals surface area contributed by atoms with Crippen molar-refractivity contribution in [3.63, 3.8) is 0 Å². The van der Waals surface area contributed by atoms with Crippen LogP contribution in [0.4, 0.5) is 5.82 Å². The van der Waals surface area contributed by atoms with Crippen LogP contribution in [-0.2, 0) is 24.8 Å². The lowest BCUT2D eigenvalue weighted by Crippen LogP contribution is -2.10. The van der Waals surface area contributed by atoms with E-state index in [1.807, 2.05) is 32.2 Å². The molecule has 0 atom stereocenters. The summed E-state index contributed by atoms with van der Waals surface area (Å²) in [5.74, 6) is 1.45. The van der Waals surface area contributed by atoms with Crippen LogP contribution in [0.5, 0.6) is 0 Å². The van der Waals surface area contributed by atoms with Gasteiger partial charge in [-0.25, -0.2) is 9.97 Å². The maximum atomic E-state index is 6.30. The number of aryl methyl sites for hydroxylation is 3. The predicted octanol–water partition coefficient (Wildman–Crippen LogP) is 4.13. The zero-order valence-corrected chi connectivity index (χ0v) is 20.1. The Balaban J connectivity index is 1.47. The zero-order valence-electron chi connectivity index (χ0n) is 18.6. The van der Waals surface area contributed by atoms with Gasteiger partial charge in [-0.2, -0.15) is 5.10 Å². The maximum Gasteiger partial charge on any atom is 0.152 e. The van der Waals surface area contributed by atoms with Gasteiger partial charge >= 0.3 is 0 Å². The highest BCUT2D eigenvalue weighted by atomic mass is 35.5. The van der Waals surface area contributed by atoms with E-state index in [0.717, 1.165) is 70.7 Å². The maximum absolute atomic E-state index is 6.30. The highest BCUT2D eigenvalue weighted by molar-refractivity contribution is 7.97. The molecule has 170 valence electrons. The number of benzene rings is 1. The van der Waals surface area contributed by atoms with E-state index in [1.165, 1.54) is 11.9 Å². The molecule has 0 aliphatic rings. The Morgan fingerprint density at radius 3 is 2.78 bits per heavy atom. The monoisotopic (exact) mass is 473 g/mol. The molecule has 4 rings (SSSR count). The number of aromatic nitrogens is 5. The summed E-state index contributed by atoms with van der Waals surface area (Å²) in [6, 6.07) is 8.08. The molecule has 0 amide bonds. The summed E-state index contributed by atoms with van der Waals surface area (Å²) in [6.45, 7) is 4.28. The molecule has 0 spiro atoms. The van der Waals surface area contributed by atoms with Crippen LogP contribution in [0, 0.1) is 6.92 Å². The molecule has 3 aromatic heterocycles. The third kappa shape index (κ3) is 4.56. The number of hydrogen-bond donors (Lipinski definition) is 2. The molecule has 1 aromatic carbocycles. The Morgan fingerprint density at radius 1 is 1.22 bits per heavy atom. The second-order valence-electron chi connectivity index (χ2n) is 7.67. The number of nitrogen functional groups attached to an aromatic ring is 1. The zero-order chi connectivity index (χ0) is 22.7. The standard InChI is InChI=1S/C22H28ClN7OS/c1-14-20(21(23)29(2)28-14)32-25-11-6-7-12-30-17(10-13-31-3)27-18-19(30)15-8-4-5-9-16(15)26-22(18)24/h4-5,8-9,25H,6-7,10-13H2,1-3H3,(H2,24,26). The van der Waals surface area contributed by atoms with Crippen molar-refractivity contribution < 1.29 is 4.74 Å². The van der Waals surface area contributed by atoms with Gasteiger partial charge in [-0.1, -0.05) is 29.8 Å². The molecule has 10 heteroatoms. The van der Waals surface area contributed by atoms with Crippen LogP contribution >= 0.6 is 23.5 Å². The second-order valence-corrected chi connectivity index (χ2v) is 8.93. The summed E-state index contributed by atoms with van der Waals surface area (Å²) >= 11 is 7.84. The fraction of sp³-hybridized carbons (Fsp3) is 0.409. The van der Waals surface area contributed by atoms with Gasteiger partial charge < -0.3 is 15.0 Å². The van der Waals surface area contributed by atoms with E-state index in [0.29, 0.717) is 17.6 Å². The molecule has 0 saturated heterocycles. The molecule has 0 radical (unpaired) electrons. The summed E-state index contributed by atoms with van der Waals surface area (Å²) in [4.78, 5) is 10.4. The van der Waals surface area contributed by atoms with E-state index < -0.39 is 0 Å². The van der Waals surface area contributed by atoms with Gasteiger partial charge in [-0.05, 0) is 37.8 Å². The molecular formula is C22H28ClN7OS. The van der Waals surface area contributed by atoms with Crippen molar-refractivity contribution in [1.82, 2.24) is 29.0 Å². The topological polar surface area (TPSA) is 95.8 Å². The van der Waals surface area contributed by atoms with Crippen molar-refractivity contribution in [2.45, 2.75) is 37.6 Å². The lowest BCUT2D eigenvalue weighted by molar-refractivity contribution is 0.199. The van der Waals surface area contributed by atoms with Gasteiger partial charge in [-0.3, -0.25) is 9.40 Å². The van der Waals surface area contributed by atoms with Crippen molar-refractivity contribution in [1.29, 1.82) is 0 Å². The first-order chi connectivity index (χ1) is 15.5. The average Bonchev–Trinajstić information content (AvgIpc) is 3.26. The first-order valence-corrected chi connectivity index (χ1v) is 11.8. The fourth-order valence-electron chi connectivity index (χ4n) is 3.85. The lowest BCUT2D eigenvalue weighted by Gasteiger charge is -2.11. The third-order valence-corrected chi connectivity index (χ3v) is 6.99. The predicted molar refractivity (Wildman–Crippen MR) is 131 cm³/mol. The number of anilines is 1. The Labute approximate surface area is 196 Å². The highest BCUT2D eigenvalue weighted by Crippen LogP contribution is 2.30. The number of hydrogen-bond acceptors (Lipinski definition) is 7. The largest absolute Gasteiger partial charge is 0.384 e. The molecule has 8 nitrogen and oxygen atoms in total. The quantitative estimate of drug-likeness (QED) is 0.264. The molecule has 32 heavy (non-hydrogen) atoms. The number of halogens is 1. The van der Waals surface area contributed by atoms with E-state index >= 15 is 0 Å². The number of unbranched alkanes of at least 4 members (excludes halogenated alkanes) is 1. The minimum absolute atomic E-state index is 0.470. The van der Waals surface area contributed by atoms with E-state index in [-0.39, 0.29) is 0 Å². The number of nitrogens with zero attached hydrogens (tertiary/aromatic N) is 5. The first kappa shape index (κ1) is 22.8. The molecule has 3 heterocycles. The number of methoxy groups -OCH3 is 1. The molecule has 0 bridgehead atoms. The Bertz CT molecular complexity index is 1240. The van der Waals surface area contributed by atoms with Gasteiger partial charge in [0.15, 0.2) is 5.82 Å². The minimum atomic E-state index is 0.470. The Morgan fingerprint density at radius 2 is 2.03 bits per heavy atom. The molecule has 3 N–H and O–H groups in total. The summed E-state index contributed by atoms with van der Waals surface area (Å²) < 4.78 is 12.7. The van der Waals surface area contributed by atoms with Crippen molar-refractivity contribution in [2.75, 3.05) is 26.0 Å². The van der Waals surface area contributed by atoms with Crippen molar-refractivity contribution in [3.05, 3.63) is 40.9 Å². The van der Waals surface area contributed by atoms with Gasteiger partial charge in [-0.15, -0.1) is 0 Å². The average molecular weight is 474 g/mol. The number of para-hydroxylation sites is 1. The van der Waals surface area contributed by atoms with E-state index in [9.17, 15) is 0 Å². The van der Waals surface area contributed by atoms with E-state index in [2.05, 4.69) is 25.4 Å². The minimum Gasteiger partial charge on any atom is -0.384 e. The lowest BCUT2D eigenvalue weighted by atomic mass is 10.2. The normalized spacial score (nSPS) is 11.8. The second kappa shape index (κ2) is 10.1. The number of pyridine rings is 1. The summed E-state index contributed by atoms with van der Waals surface area (Å²) in [5.41, 5.74) is 9.90. The van der Waals surface area contributed by atoms with E-state index in [1.54, 1.807) is 11.8 Å². The number of nitrogens with two attached hydrogens (primary N) is 1. The molecular weight excluding hydrogens is 446 g/mol. The molecule has 0 saturated carbocycles. The van der Waals surface area contributed by atoms with Gasteiger partial charge in [0.25, 0.3) is 0 Å². The third-order valence-electron chi connectivity index (χ3n) is 5.40. The Kier molecular flexibility index (Phi) is 7.20. The van der Waals surface area contributed by atoms with Crippen molar-refractivity contribution in [2.24, 2.45) is 7.05 Å². The van der Waals surface area contributed by atoms with Gasteiger partial charge in [0.1, 0.15) is 16.5 Å². The first-order valence-electron chi connectivity index (χ1n) is 10.6. The fourth-order valence-corrected chi connectivity index (χ4v) is 4.93. The van der Waals surface area contributed by atoms with E-state index in [4.69, 9.17) is 27.1 Å². The molecule has 4 aromatic rings. The van der Waals surface area contributed by atoms with Gasteiger partial charge in [0.2, 0.25) is 0 Å². The SMILES string of the molecule is COCCc1nc2c(N)nc3ccccc3c2n1CCCCNSc1c(C)nn(C)c1Cl. The van der Waals surface area contributed by atoms with Crippen LogP contribution in [0.2, 0.25) is 5.15 Å². The van der Waals surface area contributed by atoms with Crippen LogP contribution in [0.25, 0.3) is 21.9 Å². The smallest absolute Gasteiger partial charge is 0.152 e. The number of imidazole rings is 1. The molecule has 0 aliphatic carbocycles. The van der Waals surface area contributed by atoms with Crippen LogP contribution in [0.1, 0.15) is 24.4 Å². The molecule has 0 unspecified atom stereocenters. The van der Waals surface area contributed by atoms with Crippen LogP contribution in [-0.4, -0.2) is 44.6 Å². The van der Waals surface area contributed by atoms with Crippen molar-refractivity contribution in [3.8, 4) is 0 Å². The van der Waals surface area contributed by atoms with Crippen LogP contribution in [0.3, 0.4) is 0 Å². The summed E-state index contributed by atoms with van der Waals surface area (Å²) in [5, 5.41) is 6.07. The summed E-state index contributed by atoms with van der Waals surface area (Å²) in [6.07, 6.45) is 2.73. The highest BCUT2D eigenvalue weighted by Gasteiger charge is 2.17. The Hall–Kier alpha value is -2.33. The number of ether oxygens (including phenoxy) is 1. The van der Waals surface area contributed by atoms with Crippen LogP contribution in [0.15, 0.2) is 29.2 Å². The molecule has 0 aliphatic heterocycles. The number of nitrogens with one attached hydrogen (secondary N) is 1. The van der Waals surface area contributed by atoms with Gasteiger partial charge in [0.05, 0.1) is 28.2 Å². The number of rotatable bonds is 10. The molecule has 0 fully saturated rings. The number of fused-ring (bicyclic) bond motifs is 3. The van der Waals surface area contributed by atoms with Gasteiger partial charge in [0, 0.05) is 39.1 Å². The summed E-state index contributed by atoms with van der Waals surface area (Å²) in [7, 11) is 3.56. The van der Waals surface area contributed by atoms with Crippen LogP contribution < -0.4 is 10.5 Å². The van der Waals surface area contributed by atoms with Crippen molar-refractivity contribution >= 4 is 51.3 Å².